The van der Waals surface area contributed by atoms with Gasteiger partial charge in [0.15, 0.2) is 0 Å². The third-order valence-electron chi connectivity index (χ3n) is 8.13. The second-order valence-corrected chi connectivity index (χ2v) is 10.7. The molecule has 0 unspecified atom stereocenters. The first-order valence-electron chi connectivity index (χ1n) is 12.7. The number of nitrogens with one attached hydrogen (secondary N) is 2. The number of nitrogens with zero attached hydrogens (tertiary/aromatic N) is 2. The van der Waals surface area contributed by atoms with Crippen LogP contribution in [0.4, 0.5) is 4.79 Å². The van der Waals surface area contributed by atoms with Gasteiger partial charge in [-0.1, -0.05) is 48.0 Å². The largest absolute Gasteiger partial charge is 0.361 e. The monoisotopic (exact) mass is 526 g/mol. The number of benzene rings is 2. The van der Waals surface area contributed by atoms with Gasteiger partial charge < -0.3 is 15.2 Å². The van der Waals surface area contributed by atoms with E-state index in [1.165, 1.54) is 16.7 Å². The maximum Gasteiger partial charge on any atom is 0.317 e. The first-order valence-corrected chi connectivity index (χ1v) is 13.1. The lowest BCUT2D eigenvalue weighted by Gasteiger charge is -2.45. The quantitative estimate of drug-likeness (QED) is 0.389. The molecule has 2 heterocycles. The van der Waals surface area contributed by atoms with Crippen LogP contribution in [-0.4, -0.2) is 54.5 Å². The number of rotatable bonds is 5. The van der Waals surface area contributed by atoms with Crippen molar-refractivity contribution in [3.05, 3.63) is 77.0 Å². The van der Waals surface area contributed by atoms with Crippen molar-refractivity contribution in [1.29, 1.82) is 0 Å². The van der Waals surface area contributed by atoms with Crippen LogP contribution in [0.2, 0.25) is 5.02 Å². The summed E-state index contributed by atoms with van der Waals surface area (Å²) in [6, 6.07) is 16.8. The third kappa shape index (κ3) is 5.29. The van der Waals surface area contributed by atoms with Crippen LogP contribution in [0.25, 0.3) is 16.5 Å². The molecule has 1 fully saturated rings. The predicted molar refractivity (Wildman–Crippen MR) is 152 cm³/mol. The van der Waals surface area contributed by atoms with Gasteiger partial charge in [-0.2, -0.15) is 0 Å². The zero-order chi connectivity index (χ0) is 24.4. The number of aromatic nitrogens is 1. The molecule has 0 bridgehead atoms. The van der Waals surface area contributed by atoms with Crippen LogP contribution in [-0.2, 0) is 5.54 Å². The summed E-state index contributed by atoms with van der Waals surface area (Å²) in [5, 5.41) is 5.11. The van der Waals surface area contributed by atoms with Gasteiger partial charge in [-0.25, -0.2) is 4.79 Å². The SMILES string of the molecule is CN(C)C1(c2ccccc2)CCC(CNC(=O)N2CC=C(c3c[nH]c4ccc(Cl)cc34)CC2)CC1.Cl. The van der Waals surface area contributed by atoms with Crippen LogP contribution in [0.5, 0.6) is 0 Å². The van der Waals surface area contributed by atoms with E-state index in [1.54, 1.807) is 0 Å². The molecule has 0 spiro atoms. The molecule has 3 aromatic rings. The fraction of sp³-hybridized carbons (Fsp3) is 0.414. The Labute approximate surface area is 225 Å². The first kappa shape index (κ1) is 26.6. The second kappa shape index (κ2) is 11.3. The number of fused-ring (bicyclic) bond motifs is 1. The maximum atomic E-state index is 12.9. The number of hydrogen-bond donors (Lipinski definition) is 2. The van der Waals surface area contributed by atoms with Crippen molar-refractivity contribution in [3.8, 4) is 0 Å². The van der Waals surface area contributed by atoms with Gasteiger partial charge in [-0.3, -0.25) is 4.90 Å². The normalized spacial score (nSPS) is 22.3. The zero-order valence-electron chi connectivity index (χ0n) is 21.1. The lowest BCUT2D eigenvalue weighted by molar-refractivity contribution is 0.0771. The van der Waals surface area contributed by atoms with Gasteiger partial charge in [0, 0.05) is 52.9 Å². The summed E-state index contributed by atoms with van der Waals surface area (Å²) in [6.45, 7) is 2.12. The van der Waals surface area contributed by atoms with E-state index in [9.17, 15) is 4.79 Å². The molecule has 7 heteroatoms. The minimum Gasteiger partial charge on any atom is -0.361 e. The Morgan fingerprint density at radius 3 is 2.58 bits per heavy atom. The summed E-state index contributed by atoms with van der Waals surface area (Å²) >= 11 is 6.22. The molecular weight excluding hydrogens is 491 g/mol. The molecule has 1 aromatic heterocycles. The topological polar surface area (TPSA) is 51.4 Å². The van der Waals surface area contributed by atoms with Gasteiger partial charge in [0.25, 0.3) is 0 Å². The fourth-order valence-corrected chi connectivity index (χ4v) is 6.07. The van der Waals surface area contributed by atoms with Crippen molar-refractivity contribution < 1.29 is 4.79 Å². The summed E-state index contributed by atoms with van der Waals surface area (Å²) in [5.74, 6) is 0.530. The summed E-state index contributed by atoms with van der Waals surface area (Å²) in [7, 11) is 4.39. The molecular formula is C29H36Cl2N4O. The van der Waals surface area contributed by atoms with E-state index in [1.807, 2.05) is 23.1 Å². The molecule has 0 radical (unpaired) electrons. The average Bonchev–Trinajstić information content (AvgIpc) is 3.31. The van der Waals surface area contributed by atoms with Crippen molar-refractivity contribution >= 4 is 46.5 Å². The fourth-order valence-electron chi connectivity index (χ4n) is 5.90. The maximum absolute atomic E-state index is 12.9. The summed E-state index contributed by atoms with van der Waals surface area (Å²) < 4.78 is 0. The smallest absolute Gasteiger partial charge is 0.317 e. The number of aromatic amines is 1. The van der Waals surface area contributed by atoms with E-state index in [0.29, 0.717) is 12.5 Å². The van der Waals surface area contributed by atoms with E-state index >= 15 is 0 Å². The number of carbonyl (C=O) groups is 1. The number of H-pyrrole nitrogens is 1. The van der Waals surface area contributed by atoms with Crippen molar-refractivity contribution in [2.24, 2.45) is 5.92 Å². The van der Waals surface area contributed by atoms with Crippen LogP contribution in [0.1, 0.15) is 43.2 Å². The van der Waals surface area contributed by atoms with Gasteiger partial charge in [0.05, 0.1) is 0 Å². The molecule has 5 nitrogen and oxygen atoms in total. The second-order valence-electron chi connectivity index (χ2n) is 10.2. The van der Waals surface area contributed by atoms with Crippen molar-refractivity contribution in [1.82, 2.24) is 20.1 Å². The molecule has 192 valence electrons. The molecule has 1 saturated carbocycles. The van der Waals surface area contributed by atoms with Crippen molar-refractivity contribution in [2.75, 3.05) is 33.7 Å². The highest BCUT2D eigenvalue weighted by atomic mass is 35.5. The Morgan fingerprint density at radius 1 is 1.17 bits per heavy atom. The Morgan fingerprint density at radius 2 is 1.92 bits per heavy atom. The zero-order valence-corrected chi connectivity index (χ0v) is 22.7. The lowest BCUT2D eigenvalue weighted by atomic mass is 9.72. The van der Waals surface area contributed by atoms with E-state index in [2.05, 4.69) is 71.9 Å². The van der Waals surface area contributed by atoms with Crippen LogP contribution in [0.3, 0.4) is 0 Å². The van der Waals surface area contributed by atoms with Crippen LogP contribution in [0.15, 0.2) is 60.8 Å². The number of carbonyl (C=O) groups excluding carboxylic acids is 1. The predicted octanol–water partition coefficient (Wildman–Crippen LogP) is 6.69. The Bertz CT molecular complexity index is 1210. The molecule has 2 amide bonds. The summed E-state index contributed by atoms with van der Waals surface area (Å²) in [5.41, 5.74) is 5.05. The molecule has 5 rings (SSSR count). The molecule has 2 aliphatic rings. The molecule has 2 aromatic carbocycles. The Hall–Kier alpha value is -2.47. The van der Waals surface area contributed by atoms with Gasteiger partial charge >= 0.3 is 6.03 Å². The minimum atomic E-state index is 0. The highest BCUT2D eigenvalue weighted by Gasteiger charge is 2.38. The number of hydrogen-bond acceptors (Lipinski definition) is 2. The molecule has 1 aliphatic carbocycles. The average molecular weight is 528 g/mol. The van der Waals surface area contributed by atoms with Gasteiger partial charge in [0.2, 0.25) is 0 Å². The summed E-state index contributed by atoms with van der Waals surface area (Å²) in [6.07, 6.45) is 9.57. The molecule has 36 heavy (non-hydrogen) atoms. The number of halogens is 2. The Balaban J connectivity index is 0.00000304. The van der Waals surface area contributed by atoms with E-state index in [-0.39, 0.29) is 24.0 Å². The number of amides is 2. The molecule has 0 saturated heterocycles. The van der Waals surface area contributed by atoms with Crippen LogP contribution in [0, 0.1) is 5.92 Å². The van der Waals surface area contributed by atoms with Gasteiger partial charge in [0.1, 0.15) is 0 Å². The Kier molecular flexibility index (Phi) is 8.34. The van der Waals surface area contributed by atoms with E-state index in [0.717, 1.165) is 61.1 Å². The van der Waals surface area contributed by atoms with Crippen molar-refractivity contribution in [3.63, 3.8) is 0 Å². The van der Waals surface area contributed by atoms with E-state index in [4.69, 9.17) is 11.6 Å². The minimum absolute atomic E-state index is 0. The standard InChI is InChI=1S/C29H35ClN4O.ClH/c1-33(2)29(23-6-4-3-5-7-23)14-10-21(11-15-29)19-32-28(35)34-16-12-22(13-17-34)26-20-31-27-9-8-24(30)18-25(26)27;/h3-9,12,18,20-21,31H,10-11,13-17,19H2,1-2H3,(H,32,35);1H. The van der Waals surface area contributed by atoms with Gasteiger partial charge in [-0.15, -0.1) is 12.4 Å². The molecule has 0 atom stereocenters. The summed E-state index contributed by atoms with van der Waals surface area (Å²) in [4.78, 5) is 20.5. The van der Waals surface area contributed by atoms with Crippen LogP contribution < -0.4 is 5.32 Å². The van der Waals surface area contributed by atoms with Crippen LogP contribution >= 0.6 is 24.0 Å². The number of urea groups is 1. The van der Waals surface area contributed by atoms with Gasteiger partial charge in [-0.05, 0) is 81.5 Å². The first-order chi connectivity index (χ1) is 17.0. The van der Waals surface area contributed by atoms with Crippen molar-refractivity contribution in [2.45, 2.75) is 37.6 Å². The molecule has 1 aliphatic heterocycles. The highest BCUT2D eigenvalue weighted by molar-refractivity contribution is 6.31. The van der Waals surface area contributed by atoms with E-state index < -0.39 is 0 Å². The highest BCUT2D eigenvalue weighted by Crippen LogP contribution is 2.42. The molecule has 2 N–H and O–H groups in total. The lowest BCUT2D eigenvalue weighted by Crippen LogP contribution is -2.47. The third-order valence-corrected chi connectivity index (χ3v) is 8.36.